The number of hydrogen-bond donors (Lipinski definition) is 2. The zero-order valence-corrected chi connectivity index (χ0v) is 18.7. The summed E-state index contributed by atoms with van der Waals surface area (Å²) in [5.41, 5.74) is 5.98. The zero-order valence-electron chi connectivity index (χ0n) is 16.4. The molecule has 11 heteroatoms. The molecule has 0 aliphatic carbocycles. The number of hydrogen-bond acceptors (Lipinski definition) is 4. The highest BCUT2D eigenvalue weighted by Gasteiger charge is 2.41. The van der Waals surface area contributed by atoms with Gasteiger partial charge in [0.15, 0.2) is 12.6 Å². The van der Waals surface area contributed by atoms with Gasteiger partial charge in [0.1, 0.15) is 11.8 Å². The van der Waals surface area contributed by atoms with Crippen molar-refractivity contribution in [1.29, 1.82) is 0 Å². The van der Waals surface area contributed by atoms with Gasteiger partial charge in [0.05, 0.1) is 0 Å². The van der Waals surface area contributed by atoms with Gasteiger partial charge >= 0.3 is 6.18 Å². The van der Waals surface area contributed by atoms with Crippen LogP contribution < -0.4 is 15.8 Å². The van der Waals surface area contributed by atoms with E-state index < -0.39 is 18.1 Å². The lowest BCUT2D eigenvalue weighted by Crippen LogP contribution is -2.56. The summed E-state index contributed by atoms with van der Waals surface area (Å²) in [5, 5.41) is 3.21. The molecule has 1 aliphatic rings. The summed E-state index contributed by atoms with van der Waals surface area (Å²) in [6.45, 7) is 3.01. The Hall–Kier alpha value is -1.76. The van der Waals surface area contributed by atoms with E-state index in [9.17, 15) is 18.0 Å². The van der Waals surface area contributed by atoms with Gasteiger partial charge in [-0.25, -0.2) is 0 Å². The summed E-state index contributed by atoms with van der Waals surface area (Å²) in [6, 6.07) is 5.75. The number of rotatable bonds is 6. The van der Waals surface area contributed by atoms with Crippen LogP contribution in [0, 0.1) is 0 Å². The summed E-state index contributed by atoms with van der Waals surface area (Å²) >= 11 is 0. The maximum absolute atomic E-state index is 12.9. The molecule has 1 aromatic carbocycles. The van der Waals surface area contributed by atoms with E-state index in [4.69, 9.17) is 10.5 Å². The van der Waals surface area contributed by atoms with Crippen LogP contribution >= 0.6 is 24.0 Å². The largest absolute Gasteiger partial charge is 0.484 e. The minimum Gasteiger partial charge on any atom is -0.484 e. The van der Waals surface area contributed by atoms with Gasteiger partial charge in [-0.2, -0.15) is 13.2 Å². The van der Waals surface area contributed by atoms with Crippen molar-refractivity contribution < 1.29 is 22.7 Å². The Kier molecular flexibility index (Phi) is 9.96. The number of alkyl halides is 3. The first-order valence-corrected chi connectivity index (χ1v) is 8.97. The van der Waals surface area contributed by atoms with E-state index in [-0.39, 0.29) is 30.6 Å². The number of aliphatic imine (C=N–C) groups is 1. The minimum absolute atomic E-state index is 0. The molecular formula is C18H27F3IN5O2. The van der Waals surface area contributed by atoms with Crippen molar-refractivity contribution in [3.8, 4) is 5.75 Å². The predicted octanol–water partition coefficient (Wildman–Crippen LogP) is 1.81. The van der Waals surface area contributed by atoms with Gasteiger partial charge < -0.3 is 20.7 Å². The first-order chi connectivity index (χ1) is 13.2. The van der Waals surface area contributed by atoms with E-state index >= 15 is 0 Å². The predicted molar refractivity (Wildman–Crippen MR) is 115 cm³/mol. The molecule has 0 bridgehead atoms. The highest BCUT2D eigenvalue weighted by molar-refractivity contribution is 14.0. The Balaban J connectivity index is 0.00000420. The molecule has 1 aromatic rings. The Bertz CT molecular complexity index is 694. The monoisotopic (exact) mass is 529 g/mol. The average Bonchev–Trinajstić information content (AvgIpc) is 2.66. The molecule has 7 nitrogen and oxygen atoms in total. The number of nitrogens with zero attached hydrogens (tertiary/aromatic N) is 3. The first kappa shape index (κ1) is 25.3. The molecule has 0 radical (unpaired) electrons. The number of halogens is 4. The van der Waals surface area contributed by atoms with Crippen LogP contribution in [-0.2, 0) is 11.3 Å². The third-order valence-electron chi connectivity index (χ3n) is 4.58. The van der Waals surface area contributed by atoms with Crippen molar-refractivity contribution >= 4 is 35.8 Å². The first-order valence-electron chi connectivity index (χ1n) is 8.97. The second-order valence-electron chi connectivity index (χ2n) is 6.54. The van der Waals surface area contributed by atoms with Crippen LogP contribution in [0.1, 0.15) is 12.5 Å². The van der Waals surface area contributed by atoms with Crippen molar-refractivity contribution in [3.63, 3.8) is 0 Å². The number of piperazine rings is 1. The lowest BCUT2D eigenvalue weighted by molar-refractivity contribution is -0.181. The molecule has 0 saturated carbocycles. The molecule has 1 aliphatic heterocycles. The van der Waals surface area contributed by atoms with Crippen molar-refractivity contribution in [1.82, 2.24) is 15.1 Å². The number of carbonyl (C=O) groups excluding carboxylic acids is 1. The number of carbonyl (C=O) groups is 1. The summed E-state index contributed by atoms with van der Waals surface area (Å²) in [6.07, 6.45) is -4.22. The van der Waals surface area contributed by atoms with E-state index in [1.165, 1.54) is 11.8 Å². The van der Waals surface area contributed by atoms with E-state index in [2.05, 4.69) is 10.3 Å². The van der Waals surface area contributed by atoms with Gasteiger partial charge in [0.25, 0.3) is 5.91 Å². The molecule has 1 fully saturated rings. The van der Waals surface area contributed by atoms with Gasteiger partial charge in [-0.15, -0.1) is 24.0 Å². The highest BCUT2D eigenvalue weighted by atomic mass is 127. The number of primary amides is 1. The molecule has 0 spiro atoms. The lowest BCUT2D eigenvalue weighted by atomic mass is 10.2. The maximum Gasteiger partial charge on any atom is 0.403 e. The molecule has 3 N–H and O–H groups in total. The molecule has 1 atom stereocenters. The molecule has 1 amide bonds. The molecule has 1 unspecified atom stereocenters. The molecule has 1 saturated heterocycles. The van der Waals surface area contributed by atoms with Gasteiger partial charge in [-0.1, -0.05) is 12.1 Å². The highest BCUT2D eigenvalue weighted by Crippen LogP contribution is 2.25. The summed E-state index contributed by atoms with van der Waals surface area (Å²) in [4.78, 5) is 18.4. The van der Waals surface area contributed by atoms with Crippen LogP contribution in [0.3, 0.4) is 0 Å². The standard InChI is InChI=1S/C18H26F3N5O2.HI/c1-13(18(19,20)21)25-6-8-26(9-7-25)17(23-2)24-11-14-4-3-5-15(10-14)28-12-16(22)27;/h3-5,10,13H,6-9,11-12H2,1-2H3,(H2,22,27)(H,23,24);1H. The third-order valence-corrected chi connectivity index (χ3v) is 4.58. The fraction of sp³-hybridized carbons (Fsp3) is 0.556. The Labute approximate surface area is 185 Å². The summed E-state index contributed by atoms with van der Waals surface area (Å²) in [5.74, 6) is 0.605. The van der Waals surface area contributed by atoms with Crippen LogP contribution in [-0.4, -0.2) is 73.7 Å². The lowest BCUT2D eigenvalue weighted by Gasteiger charge is -2.39. The Morgan fingerprint density at radius 2 is 1.97 bits per heavy atom. The summed E-state index contributed by atoms with van der Waals surface area (Å²) in [7, 11) is 1.64. The average molecular weight is 529 g/mol. The van der Waals surface area contributed by atoms with Gasteiger partial charge in [-0.05, 0) is 24.6 Å². The van der Waals surface area contributed by atoms with Crippen LogP contribution in [0.5, 0.6) is 5.75 Å². The molecule has 164 valence electrons. The number of nitrogens with two attached hydrogens (primary N) is 1. The van der Waals surface area contributed by atoms with Gasteiger partial charge in [-0.3, -0.25) is 14.7 Å². The van der Waals surface area contributed by atoms with Crippen LogP contribution in [0.15, 0.2) is 29.3 Å². The normalized spacial score (nSPS) is 16.7. The van der Waals surface area contributed by atoms with Gasteiger partial charge in [0, 0.05) is 39.8 Å². The van der Waals surface area contributed by atoms with E-state index in [1.807, 2.05) is 11.0 Å². The zero-order chi connectivity index (χ0) is 20.7. The maximum atomic E-state index is 12.9. The van der Waals surface area contributed by atoms with Crippen molar-refractivity contribution in [3.05, 3.63) is 29.8 Å². The fourth-order valence-electron chi connectivity index (χ4n) is 2.94. The third kappa shape index (κ3) is 7.88. The van der Waals surface area contributed by atoms with E-state index in [1.54, 1.807) is 25.2 Å². The Morgan fingerprint density at radius 3 is 2.52 bits per heavy atom. The number of guanidine groups is 1. The van der Waals surface area contributed by atoms with E-state index in [0.29, 0.717) is 44.4 Å². The topological polar surface area (TPSA) is 83.2 Å². The SMILES string of the molecule is CN=C(NCc1cccc(OCC(N)=O)c1)N1CCN(C(C)C(F)(F)F)CC1.I. The van der Waals surface area contributed by atoms with Crippen molar-refractivity contribution in [2.45, 2.75) is 25.7 Å². The fourth-order valence-corrected chi connectivity index (χ4v) is 2.94. The molecule has 2 rings (SSSR count). The van der Waals surface area contributed by atoms with Gasteiger partial charge in [0.2, 0.25) is 0 Å². The van der Waals surface area contributed by atoms with Crippen LogP contribution in [0.4, 0.5) is 13.2 Å². The molecule has 29 heavy (non-hydrogen) atoms. The van der Waals surface area contributed by atoms with Crippen LogP contribution in [0.2, 0.25) is 0 Å². The second kappa shape index (κ2) is 11.4. The van der Waals surface area contributed by atoms with Crippen molar-refractivity contribution in [2.75, 3.05) is 39.8 Å². The number of benzene rings is 1. The second-order valence-corrected chi connectivity index (χ2v) is 6.54. The Morgan fingerprint density at radius 1 is 1.31 bits per heavy atom. The molecule has 0 aromatic heterocycles. The number of ether oxygens (including phenoxy) is 1. The smallest absolute Gasteiger partial charge is 0.403 e. The number of amides is 1. The molecular weight excluding hydrogens is 502 g/mol. The quantitative estimate of drug-likeness (QED) is 0.334. The molecule has 1 heterocycles. The minimum atomic E-state index is -4.22. The van der Waals surface area contributed by atoms with Crippen molar-refractivity contribution in [2.24, 2.45) is 10.7 Å². The number of nitrogens with one attached hydrogen (secondary N) is 1. The van der Waals surface area contributed by atoms with E-state index in [0.717, 1.165) is 5.56 Å². The summed E-state index contributed by atoms with van der Waals surface area (Å²) < 4.78 is 43.9. The van der Waals surface area contributed by atoms with Crippen LogP contribution in [0.25, 0.3) is 0 Å².